The van der Waals surface area contributed by atoms with Crippen molar-refractivity contribution in [2.24, 2.45) is 0 Å². The predicted molar refractivity (Wildman–Crippen MR) is 180 cm³/mol. The third-order valence-corrected chi connectivity index (χ3v) is 11.4. The van der Waals surface area contributed by atoms with Crippen LogP contribution in [-0.2, 0) is 52.1 Å². The van der Waals surface area contributed by atoms with Crippen LogP contribution in [0.1, 0.15) is 92.9 Å². The monoisotopic (exact) mass is 766 g/mol. The van der Waals surface area contributed by atoms with Crippen LogP contribution in [-0.4, -0.2) is 166 Å². The molecule has 0 bridgehead atoms. The topological polar surface area (TPSA) is 223 Å². The summed E-state index contributed by atoms with van der Waals surface area (Å²) in [6.07, 6.45) is -12.2. The van der Waals surface area contributed by atoms with Crippen molar-refractivity contribution in [3.8, 4) is 0 Å². The summed E-state index contributed by atoms with van der Waals surface area (Å²) in [5.74, 6) is 0. The third kappa shape index (κ3) is 10.4. The van der Waals surface area contributed by atoms with Crippen molar-refractivity contribution in [3.63, 3.8) is 0 Å². The van der Waals surface area contributed by atoms with E-state index in [1.54, 1.807) is 34.6 Å². The Kier molecular flexibility index (Phi) is 14.5. The lowest BCUT2D eigenvalue weighted by molar-refractivity contribution is -0.338. The lowest BCUT2D eigenvalue weighted by atomic mass is 9.99. The molecule has 0 saturated carbocycles. The molecule has 0 aromatic rings. The van der Waals surface area contributed by atoms with Crippen LogP contribution >= 0.6 is 0 Å². The Morgan fingerprint density at radius 2 is 0.679 bits per heavy atom. The molecule has 53 heavy (non-hydrogen) atoms. The van der Waals surface area contributed by atoms with E-state index in [0.29, 0.717) is 25.7 Å². The second-order valence-corrected chi connectivity index (χ2v) is 15.6. The normalized spacial score (nSPS) is 53.0. The predicted octanol–water partition coefficient (Wildman–Crippen LogP) is 0.299. The minimum Gasteiger partial charge on any atom is -0.390 e. The van der Waals surface area contributed by atoms with Crippen LogP contribution in [0.5, 0.6) is 0 Å². The van der Waals surface area contributed by atoms with Crippen LogP contribution in [0.3, 0.4) is 0 Å². The molecule has 0 spiro atoms. The van der Waals surface area contributed by atoms with Gasteiger partial charge in [-0.2, -0.15) is 0 Å². The van der Waals surface area contributed by atoms with Gasteiger partial charge in [-0.15, -0.1) is 0 Å². The Bertz CT molecular complexity index is 1140. The Morgan fingerprint density at radius 1 is 0.340 bits per heavy atom. The molecule has 17 heteroatoms. The van der Waals surface area contributed by atoms with E-state index < -0.39 is 123 Å². The molecule has 0 aliphatic carbocycles. The molecule has 0 aromatic heterocycles. The van der Waals surface area contributed by atoms with Crippen LogP contribution in [0.25, 0.3) is 0 Å². The standard InChI is InChI=1S/C36H62O17/c1-15-21(37)7-9-28(44-15)50-24-13-32(48-19(5)34(24)40)53-26-14-30(46-20(6)36(26)42)49-22-8-10-29(45-16(22)2)51-25-12-31(47-18(4)35(25)41)52-23-11-27(38)43-17(3)33(23)39/h15-42H,7-14H2,1-6H3/t15-,16-,17+,18+,19+,20+,21-,22-,23+,24+,25+,26+,27+,28-,29-,30-,31-,32-,33+,34+,35+,36+/m0/s1. The van der Waals surface area contributed by atoms with Gasteiger partial charge in [-0.25, -0.2) is 0 Å². The van der Waals surface area contributed by atoms with Crippen molar-refractivity contribution in [1.82, 2.24) is 0 Å². The summed E-state index contributed by atoms with van der Waals surface area (Å²) in [7, 11) is 0. The lowest BCUT2D eigenvalue weighted by Gasteiger charge is -2.45. The van der Waals surface area contributed by atoms with E-state index in [4.69, 9.17) is 52.1 Å². The van der Waals surface area contributed by atoms with Gasteiger partial charge in [0, 0.05) is 38.5 Å². The second-order valence-electron chi connectivity index (χ2n) is 15.6. The first-order valence-corrected chi connectivity index (χ1v) is 19.4. The highest BCUT2D eigenvalue weighted by Crippen LogP contribution is 2.35. The molecule has 0 aromatic carbocycles. The SMILES string of the molecule is C[C@@H]1O[C@@H](O[C@@H]2C[C@H](O[C@@H]3C[C@H](O)O[C@H](C)[C@H]3O)O[C@H](C)[C@H]2O)CC[C@@H]1O[C@H]1C[C@@H](O[C@H]2C[C@@H](O[C@H]3CC[C@H](O)[C@H](C)O3)[C@H](O)[C@@H](C)O2)[C@H](O)[C@@H](C)O1. The first kappa shape index (κ1) is 41.9. The van der Waals surface area contributed by atoms with Crippen molar-refractivity contribution in [3.05, 3.63) is 0 Å². The maximum Gasteiger partial charge on any atom is 0.161 e. The smallest absolute Gasteiger partial charge is 0.161 e. The number of hydrogen-bond donors (Lipinski definition) is 6. The number of hydrogen-bond acceptors (Lipinski definition) is 17. The molecule has 17 nitrogen and oxygen atoms in total. The van der Waals surface area contributed by atoms with E-state index in [0.717, 1.165) is 0 Å². The quantitative estimate of drug-likeness (QED) is 0.176. The van der Waals surface area contributed by atoms with Crippen LogP contribution in [0.15, 0.2) is 0 Å². The fourth-order valence-electron chi connectivity index (χ4n) is 8.08. The first-order chi connectivity index (χ1) is 25.1. The highest BCUT2D eigenvalue weighted by molar-refractivity contribution is 4.89. The van der Waals surface area contributed by atoms with Crippen LogP contribution in [0, 0.1) is 0 Å². The highest BCUT2D eigenvalue weighted by atomic mass is 16.7. The van der Waals surface area contributed by atoms with E-state index in [9.17, 15) is 30.6 Å². The molecule has 0 amide bonds. The highest BCUT2D eigenvalue weighted by Gasteiger charge is 2.46. The number of aliphatic hydroxyl groups is 6. The second kappa shape index (κ2) is 18.3. The Balaban J connectivity index is 0.980. The van der Waals surface area contributed by atoms with Crippen molar-refractivity contribution >= 4 is 0 Å². The van der Waals surface area contributed by atoms with Crippen molar-refractivity contribution < 1.29 is 82.7 Å². The van der Waals surface area contributed by atoms with Gasteiger partial charge >= 0.3 is 0 Å². The summed E-state index contributed by atoms with van der Waals surface area (Å²) < 4.78 is 66.2. The number of ether oxygens (including phenoxy) is 11. The summed E-state index contributed by atoms with van der Waals surface area (Å²) in [5.41, 5.74) is 0. The van der Waals surface area contributed by atoms with E-state index in [-0.39, 0.29) is 37.9 Å². The molecule has 6 aliphatic rings. The van der Waals surface area contributed by atoms with Crippen LogP contribution in [0.4, 0.5) is 0 Å². The molecular formula is C36H62O17. The van der Waals surface area contributed by atoms with Gasteiger partial charge in [-0.3, -0.25) is 0 Å². The maximum atomic E-state index is 11.0. The molecule has 0 radical (unpaired) electrons. The number of aliphatic hydroxyl groups excluding tert-OH is 6. The Morgan fingerprint density at radius 3 is 1.11 bits per heavy atom. The fraction of sp³-hybridized carbons (Fsp3) is 1.00. The lowest BCUT2D eigenvalue weighted by Crippen LogP contribution is -2.55. The van der Waals surface area contributed by atoms with Gasteiger partial charge in [0.1, 0.15) is 24.4 Å². The van der Waals surface area contributed by atoms with Crippen molar-refractivity contribution in [2.45, 2.75) is 228 Å². The van der Waals surface area contributed by atoms with E-state index in [1.807, 2.05) is 6.92 Å². The third-order valence-electron chi connectivity index (χ3n) is 11.4. The van der Waals surface area contributed by atoms with Gasteiger partial charge in [0.05, 0.1) is 73.2 Å². The van der Waals surface area contributed by atoms with Crippen molar-refractivity contribution in [2.75, 3.05) is 0 Å². The van der Waals surface area contributed by atoms with E-state index in [1.165, 1.54) is 0 Å². The average molecular weight is 767 g/mol. The summed E-state index contributed by atoms with van der Waals surface area (Å²) in [4.78, 5) is 0. The van der Waals surface area contributed by atoms with Crippen molar-refractivity contribution in [1.29, 1.82) is 0 Å². The minimum atomic E-state index is -1.06. The fourth-order valence-corrected chi connectivity index (χ4v) is 8.08. The molecule has 6 N–H and O–H groups in total. The molecule has 6 heterocycles. The van der Waals surface area contributed by atoms with Crippen LogP contribution in [0.2, 0.25) is 0 Å². The molecule has 6 saturated heterocycles. The maximum absolute atomic E-state index is 11.0. The molecular weight excluding hydrogens is 704 g/mol. The van der Waals surface area contributed by atoms with Gasteiger partial charge < -0.3 is 82.7 Å². The molecule has 6 fully saturated rings. The van der Waals surface area contributed by atoms with Gasteiger partial charge in [0.25, 0.3) is 0 Å². The van der Waals surface area contributed by atoms with Gasteiger partial charge in [-0.05, 0) is 54.4 Å². The molecule has 6 aliphatic heterocycles. The van der Waals surface area contributed by atoms with Crippen LogP contribution < -0.4 is 0 Å². The zero-order chi connectivity index (χ0) is 38.1. The molecule has 308 valence electrons. The molecule has 0 unspecified atom stereocenters. The summed E-state index contributed by atoms with van der Waals surface area (Å²) in [6, 6.07) is 0. The van der Waals surface area contributed by atoms with E-state index >= 15 is 0 Å². The minimum absolute atomic E-state index is 0.0869. The first-order valence-electron chi connectivity index (χ1n) is 19.4. The molecule has 22 atom stereocenters. The zero-order valence-corrected chi connectivity index (χ0v) is 31.5. The van der Waals surface area contributed by atoms with E-state index in [2.05, 4.69) is 0 Å². The van der Waals surface area contributed by atoms with Gasteiger partial charge in [0.15, 0.2) is 37.7 Å². The Labute approximate surface area is 310 Å². The van der Waals surface area contributed by atoms with Gasteiger partial charge in [-0.1, -0.05) is 0 Å². The summed E-state index contributed by atoms with van der Waals surface area (Å²) in [5, 5.41) is 63.3. The summed E-state index contributed by atoms with van der Waals surface area (Å²) in [6.45, 7) is 10.5. The Hall–Kier alpha value is -0.680. The largest absolute Gasteiger partial charge is 0.390 e. The zero-order valence-electron chi connectivity index (χ0n) is 31.5. The average Bonchev–Trinajstić information content (AvgIpc) is 3.09. The summed E-state index contributed by atoms with van der Waals surface area (Å²) >= 11 is 0. The number of rotatable bonds is 10. The molecule has 6 rings (SSSR count). The van der Waals surface area contributed by atoms with Gasteiger partial charge in [0.2, 0.25) is 0 Å².